The summed E-state index contributed by atoms with van der Waals surface area (Å²) < 4.78 is 12.1. The first kappa shape index (κ1) is 23.7. The number of esters is 1. The lowest BCUT2D eigenvalue weighted by Crippen LogP contribution is -2.41. The zero-order chi connectivity index (χ0) is 24.5. The molecule has 4 rings (SSSR count). The van der Waals surface area contributed by atoms with Gasteiger partial charge in [-0.3, -0.25) is 9.59 Å². The maximum Gasteiger partial charge on any atom is 0.309 e. The molecule has 34 heavy (non-hydrogen) atoms. The summed E-state index contributed by atoms with van der Waals surface area (Å²) in [6, 6.07) is 11.3. The highest BCUT2D eigenvalue weighted by atomic mass is 16.5. The molecule has 0 radical (unpaired) electrons. The number of ether oxygens (including phenoxy) is 2. The highest BCUT2D eigenvalue weighted by molar-refractivity contribution is 5.94. The second-order valence-electron chi connectivity index (χ2n) is 9.62. The van der Waals surface area contributed by atoms with E-state index < -0.39 is 0 Å². The van der Waals surface area contributed by atoms with Crippen molar-refractivity contribution in [1.82, 2.24) is 19.5 Å². The summed E-state index contributed by atoms with van der Waals surface area (Å²) in [5.41, 5.74) is 3.34. The quantitative estimate of drug-likeness (QED) is 0.528. The fourth-order valence-electron chi connectivity index (χ4n) is 4.14. The van der Waals surface area contributed by atoms with Gasteiger partial charge >= 0.3 is 5.97 Å². The average Bonchev–Trinajstić information content (AvgIpc) is 3.28. The number of benzene rings is 1. The minimum atomic E-state index is -0.188. The Labute approximate surface area is 199 Å². The molecular formula is C26H32N4O4. The molecule has 3 aromatic rings. The third-order valence-corrected chi connectivity index (χ3v) is 6.20. The summed E-state index contributed by atoms with van der Waals surface area (Å²) >= 11 is 0. The number of hydrogen-bond donors (Lipinski definition) is 0. The molecule has 1 amide bonds. The number of likely N-dealkylation sites (tertiary alicyclic amines) is 1. The van der Waals surface area contributed by atoms with Crippen LogP contribution in [-0.4, -0.2) is 58.2 Å². The van der Waals surface area contributed by atoms with Gasteiger partial charge in [-0.1, -0.05) is 20.8 Å². The second-order valence-corrected chi connectivity index (χ2v) is 9.62. The van der Waals surface area contributed by atoms with Gasteiger partial charge < -0.3 is 14.4 Å². The number of carbonyl (C=O) groups excluding carboxylic acids is 2. The molecule has 0 spiro atoms. The van der Waals surface area contributed by atoms with E-state index in [4.69, 9.17) is 19.6 Å². The van der Waals surface area contributed by atoms with Gasteiger partial charge in [-0.05, 0) is 50.1 Å². The average molecular weight is 465 g/mol. The van der Waals surface area contributed by atoms with Crippen LogP contribution in [0.1, 0.15) is 56.7 Å². The summed E-state index contributed by atoms with van der Waals surface area (Å²) in [6.07, 6.45) is 1.19. The van der Waals surface area contributed by atoms with Gasteiger partial charge in [0.2, 0.25) is 0 Å². The number of nitrogens with zero attached hydrogens (tertiary/aromatic N) is 4. The highest BCUT2D eigenvalue weighted by Crippen LogP contribution is 2.28. The van der Waals surface area contributed by atoms with Crippen LogP contribution in [-0.2, 0) is 14.9 Å². The van der Waals surface area contributed by atoms with Gasteiger partial charge in [-0.15, -0.1) is 0 Å². The Hall–Kier alpha value is -3.42. The van der Waals surface area contributed by atoms with Gasteiger partial charge in [-0.2, -0.15) is 5.10 Å². The third-order valence-electron chi connectivity index (χ3n) is 6.20. The molecule has 2 aromatic heterocycles. The van der Waals surface area contributed by atoms with Crippen LogP contribution in [0.4, 0.5) is 0 Å². The molecule has 0 bridgehead atoms. The highest BCUT2D eigenvalue weighted by Gasteiger charge is 2.30. The van der Waals surface area contributed by atoms with Gasteiger partial charge in [0.05, 0.1) is 31.0 Å². The number of fused-ring (bicyclic) bond motifs is 1. The Bertz CT molecular complexity index is 1190. The first-order chi connectivity index (χ1) is 16.2. The summed E-state index contributed by atoms with van der Waals surface area (Å²) in [7, 11) is 1.63. The van der Waals surface area contributed by atoms with Crippen molar-refractivity contribution >= 4 is 17.5 Å². The number of hydrogen-bond acceptors (Lipinski definition) is 6. The predicted molar refractivity (Wildman–Crippen MR) is 129 cm³/mol. The molecule has 1 aliphatic heterocycles. The van der Waals surface area contributed by atoms with Crippen LogP contribution in [0.2, 0.25) is 0 Å². The summed E-state index contributed by atoms with van der Waals surface area (Å²) in [4.78, 5) is 32.4. The number of piperidine rings is 1. The van der Waals surface area contributed by atoms with Crippen molar-refractivity contribution in [2.75, 3.05) is 26.8 Å². The van der Waals surface area contributed by atoms with E-state index in [0.717, 1.165) is 17.0 Å². The first-order valence-electron chi connectivity index (χ1n) is 11.7. The molecule has 0 N–H and O–H groups in total. The zero-order valence-electron chi connectivity index (χ0n) is 20.5. The molecule has 1 aromatic carbocycles. The topological polar surface area (TPSA) is 86.0 Å². The minimum Gasteiger partial charge on any atom is -0.497 e. The summed E-state index contributed by atoms with van der Waals surface area (Å²) in [5.74, 6) is 0.302. The number of amides is 1. The lowest BCUT2D eigenvalue weighted by Gasteiger charge is -2.31. The van der Waals surface area contributed by atoms with Crippen LogP contribution in [0.25, 0.3) is 16.9 Å². The van der Waals surface area contributed by atoms with Crippen LogP contribution in [0.3, 0.4) is 0 Å². The molecule has 8 heteroatoms. The van der Waals surface area contributed by atoms with Crippen molar-refractivity contribution in [3.05, 3.63) is 47.8 Å². The zero-order valence-corrected chi connectivity index (χ0v) is 20.5. The third kappa shape index (κ3) is 4.76. The lowest BCUT2D eigenvalue weighted by molar-refractivity contribution is -0.149. The Morgan fingerprint density at radius 3 is 2.35 bits per heavy atom. The van der Waals surface area contributed by atoms with Gasteiger partial charge in [0.15, 0.2) is 5.65 Å². The van der Waals surface area contributed by atoms with Crippen molar-refractivity contribution < 1.29 is 19.1 Å². The van der Waals surface area contributed by atoms with Crippen LogP contribution >= 0.6 is 0 Å². The van der Waals surface area contributed by atoms with E-state index >= 15 is 0 Å². The van der Waals surface area contributed by atoms with Crippen molar-refractivity contribution in [2.45, 2.75) is 46.0 Å². The fraction of sp³-hybridized carbons (Fsp3) is 0.462. The van der Waals surface area contributed by atoms with E-state index in [9.17, 15) is 9.59 Å². The SMILES string of the molecule is CCOC(=O)C1CCN(C(=O)c2cc(-c3ccc(OC)cc3)nc3cc(C(C)(C)C)nn23)CC1. The Balaban J connectivity index is 1.70. The van der Waals surface area contributed by atoms with E-state index in [1.807, 2.05) is 37.3 Å². The molecule has 0 saturated carbocycles. The van der Waals surface area contributed by atoms with Crippen molar-refractivity contribution in [1.29, 1.82) is 0 Å². The fourth-order valence-corrected chi connectivity index (χ4v) is 4.14. The molecule has 1 saturated heterocycles. The van der Waals surface area contributed by atoms with Crippen LogP contribution in [0, 0.1) is 5.92 Å². The first-order valence-corrected chi connectivity index (χ1v) is 11.7. The van der Waals surface area contributed by atoms with E-state index in [0.29, 0.717) is 49.6 Å². The molecule has 8 nitrogen and oxygen atoms in total. The van der Waals surface area contributed by atoms with Gasteiger partial charge in [0, 0.05) is 30.1 Å². The number of rotatable bonds is 5. The Kier molecular flexibility index (Phi) is 6.59. The van der Waals surface area contributed by atoms with Crippen LogP contribution in [0.5, 0.6) is 5.75 Å². The number of methoxy groups -OCH3 is 1. The maximum absolute atomic E-state index is 13.7. The molecule has 1 aliphatic rings. The van der Waals surface area contributed by atoms with Gasteiger partial charge in [-0.25, -0.2) is 9.50 Å². The predicted octanol–water partition coefficient (Wildman–Crippen LogP) is 4.12. The molecular weight excluding hydrogens is 432 g/mol. The monoisotopic (exact) mass is 464 g/mol. The normalized spacial score (nSPS) is 14.9. The van der Waals surface area contributed by atoms with Crippen LogP contribution < -0.4 is 4.74 Å². The van der Waals surface area contributed by atoms with E-state index in [1.165, 1.54) is 0 Å². The molecule has 0 unspecified atom stereocenters. The molecule has 1 fully saturated rings. The summed E-state index contributed by atoms with van der Waals surface area (Å²) in [5, 5.41) is 4.74. The standard InChI is InChI=1S/C26H32N4O4/c1-6-34-25(32)18-11-13-29(14-12-18)24(31)21-15-20(17-7-9-19(33-5)10-8-17)27-23-16-22(26(2,3)4)28-30(21)23/h7-10,15-16,18H,6,11-14H2,1-5H3. The van der Waals surface area contributed by atoms with Crippen LogP contribution in [0.15, 0.2) is 36.4 Å². The van der Waals surface area contributed by atoms with E-state index in [2.05, 4.69) is 20.8 Å². The molecule has 0 atom stereocenters. The van der Waals surface area contributed by atoms with E-state index in [1.54, 1.807) is 22.6 Å². The largest absolute Gasteiger partial charge is 0.497 e. The maximum atomic E-state index is 13.7. The smallest absolute Gasteiger partial charge is 0.309 e. The van der Waals surface area contributed by atoms with Crippen molar-refractivity contribution in [3.63, 3.8) is 0 Å². The Morgan fingerprint density at radius 2 is 1.76 bits per heavy atom. The number of aromatic nitrogens is 3. The molecule has 3 heterocycles. The Morgan fingerprint density at radius 1 is 1.09 bits per heavy atom. The summed E-state index contributed by atoms with van der Waals surface area (Å²) in [6.45, 7) is 9.43. The molecule has 0 aliphatic carbocycles. The lowest BCUT2D eigenvalue weighted by atomic mass is 9.93. The molecule has 180 valence electrons. The van der Waals surface area contributed by atoms with Crippen molar-refractivity contribution in [3.8, 4) is 17.0 Å². The number of carbonyl (C=O) groups is 2. The van der Waals surface area contributed by atoms with Gasteiger partial charge in [0.1, 0.15) is 11.4 Å². The van der Waals surface area contributed by atoms with Gasteiger partial charge in [0.25, 0.3) is 5.91 Å². The second kappa shape index (κ2) is 9.44. The van der Waals surface area contributed by atoms with Crippen molar-refractivity contribution in [2.24, 2.45) is 5.92 Å². The minimum absolute atomic E-state index is 0.118. The van der Waals surface area contributed by atoms with E-state index in [-0.39, 0.29) is 23.2 Å².